The number of hydrogen-bond donors (Lipinski definition) is 0. The quantitative estimate of drug-likeness (QED) is 0.386. The van der Waals surface area contributed by atoms with Gasteiger partial charge in [0.2, 0.25) is 0 Å². The fourth-order valence-corrected chi connectivity index (χ4v) is 0.224. The minimum atomic E-state index is 0.225. The summed E-state index contributed by atoms with van der Waals surface area (Å²) in [6.07, 6.45) is 0. The van der Waals surface area contributed by atoms with Gasteiger partial charge in [-0.1, -0.05) is 5.92 Å². The first-order valence-electron chi connectivity index (χ1n) is 1.15. The van der Waals surface area contributed by atoms with Crippen LogP contribution in [0.4, 0.5) is 0 Å². The minimum absolute atomic E-state index is 0.225. The van der Waals surface area contributed by atoms with Crippen molar-refractivity contribution in [2.24, 2.45) is 0 Å². The monoisotopic (exact) mass is 180 g/mol. The van der Waals surface area contributed by atoms with Crippen molar-refractivity contribution < 1.29 is 0 Å². The molecule has 1 radical (unpaired) electrons. The zero-order valence-corrected chi connectivity index (χ0v) is 4.74. The number of rotatable bonds is 0. The summed E-state index contributed by atoms with van der Waals surface area (Å²) in [6.45, 7) is 0.225. The van der Waals surface area contributed by atoms with Crippen molar-refractivity contribution in [2.45, 2.75) is 0 Å². The van der Waals surface area contributed by atoms with Gasteiger partial charge in [0, 0.05) is 22.6 Å². The molecule has 1 N–H and O–H groups in total. The average Bonchev–Trinajstić information content (AvgIpc) is 1.41. The van der Waals surface area contributed by atoms with E-state index in [0.717, 1.165) is 0 Å². The van der Waals surface area contributed by atoms with E-state index in [9.17, 15) is 0 Å². The van der Waals surface area contributed by atoms with Crippen molar-refractivity contribution in [1.29, 1.82) is 0 Å². The molecule has 0 saturated heterocycles. The summed E-state index contributed by atoms with van der Waals surface area (Å²) < 4.78 is 2.55. The van der Waals surface area contributed by atoms with E-state index >= 15 is 0 Å². The highest BCUT2D eigenvalue weighted by Gasteiger charge is 1.50. The van der Waals surface area contributed by atoms with Crippen LogP contribution in [0.15, 0.2) is 0 Å². The largest absolute Gasteiger partial charge is 0.245 e. The molecule has 0 fully saturated rings. The van der Waals surface area contributed by atoms with Gasteiger partial charge < -0.3 is 0 Å². The van der Waals surface area contributed by atoms with Crippen LogP contribution < -0.4 is 5.73 Å². The van der Waals surface area contributed by atoms with Crippen molar-refractivity contribution in [3.63, 3.8) is 0 Å². The van der Waals surface area contributed by atoms with Crippen LogP contribution in [-0.4, -0.2) is 6.54 Å². The molecule has 5 heavy (non-hydrogen) atoms. The fourth-order valence-electron chi connectivity index (χ4n) is 0.0334. The van der Waals surface area contributed by atoms with E-state index in [1.165, 1.54) is 0 Å². The Morgan fingerprint density at radius 2 is 2.40 bits per heavy atom. The molecule has 0 aliphatic heterocycles. The van der Waals surface area contributed by atoms with E-state index in [1.807, 2.05) is 22.6 Å². The first-order valence-corrected chi connectivity index (χ1v) is 2.22. The van der Waals surface area contributed by atoms with Gasteiger partial charge in [0.05, 0.1) is 6.54 Å². The summed E-state index contributed by atoms with van der Waals surface area (Å²) in [7, 11) is 0. The van der Waals surface area contributed by atoms with Gasteiger partial charge in [0.15, 0.2) is 0 Å². The van der Waals surface area contributed by atoms with Crippen LogP contribution in [0.25, 0.3) is 0 Å². The Hall–Kier alpha value is 0.250. The highest BCUT2D eigenvalue weighted by Crippen LogP contribution is 1.66. The Labute approximate surface area is 45.1 Å². The molecule has 0 spiro atoms. The molecule has 0 atom stereocenters. The molecule has 0 heterocycles. The number of nitrogens with one attached hydrogen (secondary N) is 1. The van der Waals surface area contributed by atoms with Gasteiger partial charge in [-0.15, -0.1) is 0 Å². The molecule has 0 aliphatic rings. The molecule has 27 valence electrons. The highest BCUT2D eigenvalue weighted by atomic mass is 127. The third kappa shape index (κ3) is 4.25. The van der Waals surface area contributed by atoms with Gasteiger partial charge in [-0.2, -0.15) is 0 Å². The van der Waals surface area contributed by atoms with Crippen LogP contribution in [0.5, 0.6) is 0 Å². The second-order valence-corrected chi connectivity index (χ2v) is 0.987. The SMILES string of the molecule is [NH]CC#CI. The van der Waals surface area contributed by atoms with Gasteiger partial charge in [-0.3, -0.25) is 0 Å². The smallest absolute Gasteiger partial charge is 0.0720 e. The Bertz CT molecular complexity index is 59.0. The van der Waals surface area contributed by atoms with Gasteiger partial charge in [0.1, 0.15) is 0 Å². The van der Waals surface area contributed by atoms with E-state index < -0.39 is 0 Å². The zero-order valence-electron chi connectivity index (χ0n) is 2.59. The number of hydrogen-bond acceptors (Lipinski definition) is 0. The van der Waals surface area contributed by atoms with Crippen LogP contribution in [0.1, 0.15) is 0 Å². The van der Waals surface area contributed by atoms with Crippen molar-refractivity contribution in [2.75, 3.05) is 6.54 Å². The van der Waals surface area contributed by atoms with Gasteiger partial charge in [-0.25, -0.2) is 5.73 Å². The van der Waals surface area contributed by atoms with E-state index in [-0.39, 0.29) is 6.54 Å². The van der Waals surface area contributed by atoms with Gasteiger partial charge in [0.25, 0.3) is 0 Å². The third-order valence-electron chi connectivity index (χ3n) is 0.155. The maximum atomic E-state index is 6.42. The molecule has 0 unspecified atom stereocenters. The van der Waals surface area contributed by atoms with Crippen LogP contribution in [0.2, 0.25) is 0 Å². The van der Waals surface area contributed by atoms with Crippen molar-refractivity contribution >= 4 is 22.6 Å². The molecule has 2 heteroatoms. The van der Waals surface area contributed by atoms with E-state index in [1.54, 1.807) is 0 Å². The topological polar surface area (TPSA) is 23.8 Å². The lowest BCUT2D eigenvalue weighted by Crippen LogP contribution is -1.71. The molecule has 0 rings (SSSR count). The molecule has 0 saturated carbocycles. The molecule has 0 aromatic heterocycles. The first-order chi connectivity index (χ1) is 2.41. The highest BCUT2D eigenvalue weighted by molar-refractivity contribution is 14.1. The summed E-state index contributed by atoms with van der Waals surface area (Å²) in [4.78, 5) is 0. The molecular weight excluding hydrogens is 177 g/mol. The normalized spacial score (nSPS) is 5.20. The second kappa shape index (κ2) is 4.25. The molecule has 1 nitrogen and oxygen atoms in total. The van der Waals surface area contributed by atoms with E-state index in [4.69, 9.17) is 5.73 Å². The lowest BCUT2D eigenvalue weighted by Gasteiger charge is -1.57. The molecule has 0 aromatic rings. The summed E-state index contributed by atoms with van der Waals surface area (Å²) in [5, 5.41) is 0. The first kappa shape index (κ1) is 5.25. The lowest BCUT2D eigenvalue weighted by atomic mass is 10.7. The van der Waals surface area contributed by atoms with Crippen LogP contribution in [-0.2, 0) is 0 Å². The summed E-state index contributed by atoms with van der Waals surface area (Å²) in [5.41, 5.74) is 6.42. The van der Waals surface area contributed by atoms with Crippen LogP contribution in [0.3, 0.4) is 0 Å². The van der Waals surface area contributed by atoms with E-state index in [2.05, 4.69) is 9.85 Å². The summed E-state index contributed by atoms with van der Waals surface area (Å²) >= 11 is 1.91. The Morgan fingerprint density at radius 1 is 1.80 bits per heavy atom. The van der Waals surface area contributed by atoms with Crippen LogP contribution in [0, 0.1) is 9.85 Å². The predicted molar refractivity (Wildman–Crippen MR) is 29.8 cm³/mol. The maximum Gasteiger partial charge on any atom is 0.0720 e. The zero-order chi connectivity index (χ0) is 4.12. The average molecular weight is 180 g/mol. The fraction of sp³-hybridized carbons (Fsp3) is 0.333. The van der Waals surface area contributed by atoms with Crippen LogP contribution >= 0.6 is 22.6 Å². The van der Waals surface area contributed by atoms with Crippen molar-refractivity contribution in [3.8, 4) is 9.85 Å². The van der Waals surface area contributed by atoms with Gasteiger partial charge in [-0.05, 0) is 3.93 Å². The summed E-state index contributed by atoms with van der Waals surface area (Å²) in [6, 6.07) is 0. The Morgan fingerprint density at radius 3 is 2.40 bits per heavy atom. The van der Waals surface area contributed by atoms with Gasteiger partial charge >= 0.3 is 0 Å². The Kier molecular flexibility index (Phi) is 4.46. The third-order valence-corrected chi connectivity index (χ3v) is 0.537. The predicted octanol–water partition coefficient (Wildman–Crippen LogP) is 0.665. The molecule has 0 aromatic carbocycles. The maximum absolute atomic E-state index is 6.42. The van der Waals surface area contributed by atoms with Crippen molar-refractivity contribution in [3.05, 3.63) is 0 Å². The molecule has 0 amide bonds. The van der Waals surface area contributed by atoms with Crippen molar-refractivity contribution in [1.82, 2.24) is 5.73 Å². The molecule has 0 aliphatic carbocycles. The molecule has 0 bridgehead atoms. The van der Waals surface area contributed by atoms with E-state index in [0.29, 0.717) is 0 Å². The standard InChI is InChI=1S/C3H3IN/c4-2-1-3-5/h5H,3H2. The Balaban J connectivity index is 2.81. The minimum Gasteiger partial charge on any atom is -0.245 e. The second-order valence-electron chi connectivity index (χ2n) is 0.448. The summed E-state index contributed by atoms with van der Waals surface area (Å²) in [5.74, 6) is 2.51. The molecular formula is C3H3IN. The number of halogens is 1. The lowest BCUT2D eigenvalue weighted by molar-refractivity contribution is 1.24.